The second kappa shape index (κ2) is 79.4. The molecule has 0 fully saturated rings. The summed E-state index contributed by atoms with van der Waals surface area (Å²) in [4.78, 5) is 10.8. The van der Waals surface area contributed by atoms with E-state index in [0.29, 0.717) is 68.4 Å². The average Bonchev–Trinajstić information content (AvgIpc) is 3.40. The molecule has 8 heteroatoms. The summed E-state index contributed by atoms with van der Waals surface area (Å²) >= 11 is 0. The number of unbranched alkanes of at least 4 members (excludes halogenated alkanes) is 1. The van der Waals surface area contributed by atoms with Crippen LogP contribution in [0.2, 0.25) is 0 Å². The lowest BCUT2D eigenvalue weighted by Crippen LogP contribution is -2.16. The third-order valence-corrected chi connectivity index (χ3v) is 16.0. The lowest BCUT2D eigenvalue weighted by Gasteiger charge is -2.23. The molecule has 0 aromatic carbocycles. The van der Waals surface area contributed by atoms with Crippen molar-refractivity contribution in [3.05, 3.63) is 0 Å². The molecule has 5 N–H and O–H groups in total. The molecule has 0 aliphatic carbocycles. The lowest BCUT2D eigenvalue weighted by molar-refractivity contribution is -0.117. The first-order valence-electron chi connectivity index (χ1n) is 35.5. The minimum absolute atomic E-state index is 0.332. The van der Waals surface area contributed by atoms with E-state index in [1.807, 2.05) is 6.92 Å². The van der Waals surface area contributed by atoms with E-state index in [1.54, 1.807) is 14.0 Å². The first-order valence-corrected chi connectivity index (χ1v) is 35.5. The standard InChI is InChI=1S/C12H24O.3C9H20O.2C8H18O.C7H16O.C7H16.C6H14O/c1-5-7-12(10(2)3)9-6-8-11(4)13;1-7(2)9(5-6-10)8(3)4;2*1-4-5-9(6-7-10)8(2)3;1-4-8(5-6-9)7(2)3;1-4-5-8(6-9)7(2)3;1-4-8-6-5-7(2)3;1-4-5-6-7(2)3;1-6(2)4-5-7-3/h10,12H,5-9H2,1-4H3;7-10H,5-6H2,1-4H3;2*8-10H,4-7H2,1-3H3;2*7-9H,4-6H2,1-3H3;7H,4-6H2,1-3H3;7H,4-6H2,1-3H3;6H,4-5H2,1-3H3/t12-;;9-;;2*8-;;;/m0.0.00.../s1. The zero-order chi connectivity index (χ0) is 66.7. The van der Waals surface area contributed by atoms with Gasteiger partial charge in [0.05, 0.1) is 0 Å². The minimum Gasteiger partial charge on any atom is -0.396 e. The van der Waals surface area contributed by atoms with Crippen molar-refractivity contribution in [1.82, 2.24) is 0 Å². The van der Waals surface area contributed by atoms with E-state index in [4.69, 9.17) is 35.0 Å². The molecule has 0 bridgehead atoms. The number of hydrogen-bond donors (Lipinski definition) is 5. The van der Waals surface area contributed by atoms with Crippen LogP contribution >= 0.6 is 0 Å². The molecule has 8 nitrogen and oxygen atoms in total. The van der Waals surface area contributed by atoms with E-state index in [-0.39, 0.29) is 0 Å². The van der Waals surface area contributed by atoms with Crippen molar-refractivity contribution in [2.45, 2.75) is 329 Å². The summed E-state index contributed by atoms with van der Waals surface area (Å²) < 4.78 is 10.00. The largest absolute Gasteiger partial charge is 0.396 e. The van der Waals surface area contributed by atoms with Crippen molar-refractivity contribution in [2.24, 2.45) is 94.7 Å². The molecule has 0 spiro atoms. The molecule has 0 saturated heterocycles. The van der Waals surface area contributed by atoms with E-state index in [9.17, 15) is 4.79 Å². The second-order valence-corrected chi connectivity index (χ2v) is 27.7. The second-order valence-electron chi connectivity index (χ2n) is 27.7. The number of ketones is 1. The molecule has 0 aromatic rings. The van der Waals surface area contributed by atoms with Crippen molar-refractivity contribution >= 4 is 5.78 Å². The van der Waals surface area contributed by atoms with Crippen LogP contribution < -0.4 is 0 Å². The summed E-state index contributed by atoms with van der Waals surface area (Å²) in [6.07, 6.45) is 24.6. The Hall–Kier alpha value is -0.610. The normalized spacial score (nSPS) is 12.8. The maximum Gasteiger partial charge on any atom is 0.129 e. The first-order chi connectivity index (χ1) is 38.9. The first kappa shape index (κ1) is 101. The van der Waals surface area contributed by atoms with Gasteiger partial charge in [-0.3, -0.25) is 0 Å². The van der Waals surface area contributed by atoms with E-state index in [0.717, 1.165) is 130 Å². The quantitative estimate of drug-likeness (QED) is 0.0384. The van der Waals surface area contributed by atoms with Gasteiger partial charge >= 0.3 is 0 Å². The topological polar surface area (TPSA) is 137 Å². The fourth-order valence-electron chi connectivity index (χ4n) is 9.69. The van der Waals surface area contributed by atoms with Crippen molar-refractivity contribution < 1.29 is 39.8 Å². The summed E-state index contributed by atoms with van der Waals surface area (Å²) in [5.74, 6) is 12.0. The van der Waals surface area contributed by atoms with Crippen molar-refractivity contribution in [2.75, 3.05) is 60.0 Å². The van der Waals surface area contributed by atoms with Crippen LogP contribution in [-0.4, -0.2) is 91.3 Å². The molecule has 0 aromatic heterocycles. The molecule has 1 unspecified atom stereocenters. The van der Waals surface area contributed by atoms with Crippen LogP contribution in [-0.2, 0) is 14.3 Å². The Morgan fingerprint density at radius 1 is 0.349 bits per heavy atom. The van der Waals surface area contributed by atoms with Gasteiger partial charge in [-0.25, -0.2) is 0 Å². The molecular formula is C75H166O8. The van der Waals surface area contributed by atoms with Crippen molar-refractivity contribution in [1.29, 1.82) is 0 Å². The number of ether oxygens (including phenoxy) is 2. The molecule has 0 radical (unpaired) electrons. The van der Waals surface area contributed by atoms with Crippen LogP contribution in [0, 0.1) is 94.7 Å². The van der Waals surface area contributed by atoms with Gasteiger partial charge in [-0.1, -0.05) is 251 Å². The maximum absolute atomic E-state index is 10.8. The summed E-state index contributed by atoms with van der Waals surface area (Å²) in [7, 11) is 1.74. The number of rotatable bonds is 39. The zero-order valence-electron chi connectivity index (χ0n) is 62.7. The van der Waals surface area contributed by atoms with Gasteiger partial charge in [0.2, 0.25) is 0 Å². The highest BCUT2D eigenvalue weighted by atomic mass is 16.5. The third kappa shape index (κ3) is 92.7. The van der Waals surface area contributed by atoms with E-state index in [1.165, 1.54) is 89.9 Å². The molecule has 0 amide bonds. The van der Waals surface area contributed by atoms with Gasteiger partial charge in [-0.15, -0.1) is 0 Å². The highest BCUT2D eigenvalue weighted by molar-refractivity contribution is 5.75. The Bertz CT molecular complexity index is 1030. The number of aliphatic hydroxyl groups is 5. The van der Waals surface area contributed by atoms with Crippen LogP contribution in [0.5, 0.6) is 0 Å². The van der Waals surface area contributed by atoms with E-state index < -0.39 is 0 Å². The predicted octanol–water partition coefficient (Wildman–Crippen LogP) is 21.7. The van der Waals surface area contributed by atoms with E-state index >= 15 is 0 Å². The van der Waals surface area contributed by atoms with Gasteiger partial charge in [-0.2, -0.15) is 0 Å². The minimum atomic E-state index is 0.332. The van der Waals surface area contributed by atoms with Crippen LogP contribution in [0.1, 0.15) is 329 Å². The van der Waals surface area contributed by atoms with Crippen LogP contribution in [0.15, 0.2) is 0 Å². The lowest BCUT2D eigenvalue weighted by atomic mass is 9.83. The summed E-state index contributed by atoms with van der Waals surface area (Å²) in [6.45, 7) is 65.8. The third-order valence-electron chi connectivity index (χ3n) is 16.0. The molecule has 0 saturated carbocycles. The number of methoxy groups -OCH3 is 1. The fraction of sp³-hybridized carbons (Fsp3) is 0.987. The van der Waals surface area contributed by atoms with Gasteiger partial charge in [-0.05, 0) is 166 Å². The zero-order valence-corrected chi connectivity index (χ0v) is 62.7. The highest BCUT2D eigenvalue weighted by Gasteiger charge is 2.17. The molecule has 0 aliphatic rings. The molecule has 514 valence electrons. The molecule has 0 aliphatic heterocycles. The molecule has 5 atom stereocenters. The van der Waals surface area contributed by atoms with Gasteiger partial charge in [0.25, 0.3) is 0 Å². The summed E-state index contributed by atoms with van der Waals surface area (Å²) in [6, 6.07) is 0. The van der Waals surface area contributed by atoms with Crippen LogP contribution in [0.25, 0.3) is 0 Å². The molecule has 0 rings (SSSR count). The van der Waals surface area contributed by atoms with E-state index in [2.05, 4.69) is 180 Å². The van der Waals surface area contributed by atoms with Crippen molar-refractivity contribution in [3.63, 3.8) is 0 Å². The van der Waals surface area contributed by atoms with Crippen LogP contribution in [0.4, 0.5) is 0 Å². The Morgan fingerprint density at radius 2 is 0.675 bits per heavy atom. The van der Waals surface area contributed by atoms with Gasteiger partial charge in [0.15, 0.2) is 0 Å². The van der Waals surface area contributed by atoms with Gasteiger partial charge in [0.1, 0.15) is 5.78 Å². The molecule has 0 heterocycles. The number of aliphatic hydroxyl groups excluding tert-OH is 5. The molecule has 83 heavy (non-hydrogen) atoms. The molecular weight excluding hydrogens is 1030 g/mol. The Labute approximate surface area is 526 Å². The SMILES string of the molecule is CC(C)C(CCO)C(C)C.CCCC(CCO)C(C)C.CCCCC(C)C.CCC[C@@H](CCCC(C)=O)C(C)C.CCC[C@@H](CCO)C(C)C.CCC[C@@H](CO)C(C)C.CCOCCC(C)C.CC[C@@H](CCO)C(C)C.COCCC(C)C. The Kier molecular flexibility index (Phi) is 96.9. The Morgan fingerprint density at radius 3 is 0.855 bits per heavy atom. The fourth-order valence-corrected chi connectivity index (χ4v) is 9.69. The number of carbonyl (C=O) groups excluding carboxylic acids is 1. The summed E-state index contributed by atoms with van der Waals surface area (Å²) in [5.41, 5.74) is 0. The predicted molar refractivity (Wildman–Crippen MR) is 375 cm³/mol. The number of hydrogen-bond acceptors (Lipinski definition) is 8. The monoisotopic (exact) mass is 1200 g/mol. The smallest absolute Gasteiger partial charge is 0.129 e. The summed E-state index contributed by atoms with van der Waals surface area (Å²) in [5, 5.41) is 43.6. The van der Waals surface area contributed by atoms with Crippen LogP contribution in [0.3, 0.4) is 0 Å². The Balaban J connectivity index is -0.000000107. The van der Waals surface area contributed by atoms with Gasteiger partial charge < -0.3 is 39.8 Å². The number of Topliss-reactive ketones (excluding diaryl/α,β-unsaturated/α-hetero) is 1. The highest BCUT2D eigenvalue weighted by Crippen LogP contribution is 2.25. The average molecular weight is 1200 g/mol. The van der Waals surface area contributed by atoms with Gasteiger partial charge in [0, 0.05) is 66.4 Å². The van der Waals surface area contributed by atoms with Crippen molar-refractivity contribution in [3.8, 4) is 0 Å². The number of carbonyl (C=O) groups is 1. The maximum atomic E-state index is 10.8.